The molecule has 0 bridgehead atoms. The van der Waals surface area contributed by atoms with Gasteiger partial charge in [0.05, 0.1) is 0 Å². The molecule has 0 atom stereocenters. The summed E-state index contributed by atoms with van der Waals surface area (Å²) >= 11 is 0. The number of ether oxygens (including phenoxy) is 2. The maximum atomic E-state index is 6.60. The summed E-state index contributed by atoms with van der Waals surface area (Å²) in [5.74, 6) is 4.20. The van der Waals surface area contributed by atoms with Crippen molar-refractivity contribution in [2.45, 2.75) is 13.8 Å². The summed E-state index contributed by atoms with van der Waals surface area (Å²) in [5.41, 5.74) is 7.98. The van der Waals surface area contributed by atoms with Crippen molar-refractivity contribution in [3.63, 3.8) is 0 Å². The predicted molar refractivity (Wildman–Crippen MR) is 260 cm³/mol. The predicted octanol–water partition coefficient (Wildman–Crippen LogP) is 12.4. The van der Waals surface area contributed by atoms with E-state index < -0.39 is 0 Å². The molecule has 0 aliphatic heterocycles. The van der Waals surface area contributed by atoms with Crippen LogP contribution in [0.4, 0.5) is 0 Å². The van der Waals surface area contributed by atoms with Gasteiger partial charge in [-0.1, -0.05) is 88.8 Å². The monoisotopic (exact) mass is 1250 g/mol. The van der Waals surface area contributed by atoms with Crippen LogP contribution in [0.25, 0.3) is 94.4 Å². The number of nitrogens with zero attached hydrogens (tertiary/aromatic N) is 9. The van der Waals surface area contributed by atoms with E-state index in [0.29, 0.717) is 39.9 Å². The van der Waals surface area contributed by atoms with Crippen molar-refractivity contribution in [3.05, 3.63) is 199 Å². The van der Waals surface area contributed by atoms with Crippen molar-refractivity contribution in [3.8, 4) is 52.0 Å². The van der Waals surface area contributed by atoms with E-state index in [1.54, 1.807) is 12.4 Å². The average molecular weight is 1250 g/mol. The second-order valence-electron chi connectivity index (χ2n) is 16.3. The zero-order chi connectivity index (χ0) is 44.6. The fraction of sp³-hybridized carbons (Fsp3) is 0.0357. The first-order valence-corrected chi connectivity index (χ1v) is 21.7. The van der Waals surface area contributed by atoms with Crippen molar-refractivity contribution in [2.75, 3.05) is 0 Å². The number of aromatic nitrogens is 9. The van der Waals surface area contributed by atoms with Crippen molar-refractivity contribution in [1.82, 2.24) is 44.1 Å². The SMILES string of the molecule is Cc1cccc(C)c1-c1nnc(-n2c3[c-]c(Oc4[c-]c5c(cc4)c4ccccc4n5-c4ccccn4)ccc3c3ccc(Oc4[c-]c5c(cc4)c4ccccc4n5-c4ccccn4)[c-]c32)nn1.[Pt+2].[Pt+2]. The Morgan fingerprint density at radius 3 is 1.19 bits per heavy atom. The van der Waals surface area contributed by atoms with Crippen LogP contribution in [0.1, 0.15) is 11.1 Å². The van der Waals surface area contributed by atoms with Crippen LogP contribution >= 0.6 is 0 Å². The quantitative estimate of drug-likeness (QED) is 0.138. The standard InChI is InChI=1S/C56H33N9O2.2Pt/c1-34-12-11-13-35(2)54(34)55-59-61-56(62-60-55)65-50-32-38(66-36-20-24-42-40-14-3-5-16-46(40)63(48(42)30-36)52-18-7-9-28-57-52)22-26-44(50)45-27-23-39(33-51(45)65)67-37-21-25-43-41-15-4-6-17-47(41)64(49(43)31-37)53-19-8-10-29-58-53;;/h3-29H,1-2H3;;/q-4;2*+2. The Kier molecular flexibility index (Phi) is 11.2. The van der Waals surface area contributed by atoms with E-state index in [9.17, 15) is 0 Å². The largest absolute Gasteiger partial charge is 2.00 e. The smallest absolute Gasteiger partial charge is 0.509 e. The molecule has 0 unspecified atom stereocenters. The summed E-state index contributed by atoms with van der Waals surface area (Å²) in [6.45, 7) is 4.06. The summed E-state index contributed by atoms with van der Waals surface area (Å²) in [7, 11) is 0. The number of hydrogen-bond acceptors (Lipinski definition) is 8. The van der Waals surface area contributed by atoms with Gasteiger partial charge in [0.15, 0.2) is 0 Å². The Hall–Kier alpha value is -7.84. The van der Waals surface area contributed by atoms with Crippen LogP contribution in [0, 0.1) is 38.1 Å². The molecule has 0 N–H and O–H groups in total. The van der Waals surface area contributed by atoms with Gasteiger partial charge in [-0.3, -0.25) is 0 Å². The van der Waals surface area contributed by atoms with Gasteiger partial charge in [0.25, 0.3) is 5.95 Å². The number of rotatable bonds is 8. The zero-order valence-electron chi connectivity index (χ0n) is 36.6. The van der Waals surface area contributed by atoms with Crippen LogP contribution in [0.2, 0.25) is 0 Å². The third-order valence-corrected chi connectivity index (χ3v) is 12.2. The molecule has 0 aliphatic rings. The summed E-state index contributed by atoms with van der Waals surface area (Å²) in [4.78, 5) is 9.36. The molecule has 6 aromatic heterocycles. The minimum Gasteiger partial charge on any atom is -0.509 e. The normalized spacial score (nSPS) is 11.4. The molecule has 0 amide bonds. The number of para-hydroxylation sites is 2. The first-order chi connectivity index (χ1) is 33.0. The molecule has 0 aliphatic carbocycles. The average Bonchev–Trinajstić information content (AvgIpc) is 3.99. The number of pyridine rings is 2. The summed E-state index contributed by atoms with van der Waals surface area (Å²) in [6, 6.07) is 64.3. The van der Waals surface area contributed by atoms with E-state index in [1.807, 2.05) is 134 Å². The topological polar surface area (TPSA) is 111 Å². The van der Waals surface area contributed by atoms with Crippen LogP contribution in [-0.2, 0) is 42.1 Å². The van der Waals surface area contributed by atoms with Gasteiger partial charge in [0.1, 0.15) is 11.6 Å². The van der Waals surface area contributed by atoms with Crippen molar-refractivity contribution < 1.29 is 51.6 Å². The van der Waals surface area contributed by atoms with E-state index in [1.165, 1.54) is 0 Å². The number of aryl methyl sites for hydroxylation is 2. The summed E-state index contributed by atoms with van der Waals surface area (Å²) in [6.07, 6.45) is 3.58. The first kappa shape index (κ1) is 43.7. The minimum atomic E-state index is 0. The Morgan fingerprint density at radius 1 is 0.377 bits per heavy atom. The molecule has 69 heavy (non-hydrogen) atoms. The first-order valence-electron chi connectivity index (χ1n) is 21.7. The van der Waals surface area contributed by atoms with Crippen molar-refractivity contribution >= 4 is 65.4 Å². The van der Waals surface area contributed by atoms with Gasteiger partial charge >= 0.3 is 42.1 Å². The molecular formula is C56H33N9O2Pt2. The Bertz CT molecular complexity index is 3840. The molecule has 0 fully saturated rings. The summed E-state index contributed by atoms with van der Waals surface area (Å²) in [5, 5.41) is 24.6. The maximum absolute atomic E-state index is 6.60. The van der Waals surface area contributed by atoms with Gasteiger partial charge in [-0.15, -0.1) is 79.7 Å². The molecule has 11 nitrogen and oxygen atoms in total. The van der Waals surface area contributed by atoms with E-state index in [-0.39, 0.29) is 48.1 Å². The van der Waals surface area contributed by atoms with Gasteiger partial charge in [0.2, 0.25) is 5.82 Å². The molecule has 0 saturated heterocycles. The molecule has 13 heteroatoms. The van der Waals surface area contributed by atoms with Crippen molar-refractivity contribution in [2.24, 2.45) is 0 Å². The van der Waals surface area contributed by atoms with Gasteiger partial charge in [-0.05, 0) is 72.1 Å². The van der Waals surface area contributed by atoms with E-state index >= 15 is 0 Å². The number of fused-ring (bicyclic) bond motifs is 9. The van der Waals surface area contributed by atoms with Crippen LogP contribution in [-0.4, -0.2) is 44.1 Å². The summed E-state index contributed by atoms with van der Waals surface area (Å²) < 4.78 is 19.2. The van der Waals surface area contributed by atoms with Gasteiger partial charge in [-0.25, -0.2) is 9.97 Å². The van der Waals surface area contributed by atoms with E-state index in [0.717, 1.165) is 82.7 Å². The number of benzene rings is 7. The van der Waals surface area contributed by atoms with E-state index in [4.69, 9.17) is 9.47 Å². The molecular weight excluding hydrogens is 1220 g/mol. The second kappa shape index (κ2) is 17.7. The zero-order valence-corrected chi connectivity index (χ0v) is 41.1. The van der Waals surface area contributed by atoms with Crippen LogP contribution in [0.15, 0.2) is 164 Å². The molecule has 0 spiro atoms. The second-order valence-corrected chi connectivity index (χ2v) is 16.3. The van der Waals surface area contributed by atoms with E-state index in [2.05, 4.69) is 100 Å². The van der Waals surface area contributed by atoms with Gasteiger partial charge in [-0.2, -0.15) is 35.0 Å². The molecule has 0 radical (unpaired) electrons. The van der Waals surface area contributed by atoms with Crippen LogP contribution < -0.4 is 9.47 Å². The Labute approximate surface area is 423 Å². The Morgan fingerprint density at radius 2 is 0.768 bits per heavy atom. The maximum Gasteiger partial charge on any atom is 2.00 e. The number of hydrogen-bond donors (Lipinski definition) is 0. The third kappa shape index (κ3) is 7.37. The fourth-order valence-corrected chi connectivity index (χ4v) is 9.28. The third-order valence-electron chi connectivity index (χ3n) is 12.2. The van der Waals surface area contributed by atoms with Gasteiger partial charge < -0.3 is 23.2 Å². The van der Waals surface area contributed by atoms with Crippen molar-refractivity contribution in [1.29, 1.82) is 0 Å². The van der Waals surface area contributed by atoms with Gasteiger partial charge in [0, 0.05) is 52.0 Å². The van der Waals surface area contributed by atoms with Crippen LogP contribution in [0.5, 0.6) is 23.0 Å². The minimum absolute atomic E-state index is 0. The molecule has 334 valence electrons. The molecule has 13 aromatic rings. The molecule has 0 saturated carbocycles. The molecule has 6 heterocycles. The Balaban J connectivity index is 0.00000260. The molecule has 13 rings (SSSR count). The fourth-order valence-electron chi connectivity index (χ4n) is 9.28. The molecule has 7 aromatic carbocycles. The van der Waals surface area contributed by atoms with Crippen LogP contribution in [0.3, 0.4) is 0 Å².